The first kappa shape index (κ1) is 9.72. The molecule has 1 aliphatic carbocycles. The SMILES string of the molecule is NC(=O)CSc1nnc(NC2CC2)s1. The highest BCUT2D eigenvalue weighted by atomic mass is 32.2. The molecule has 5 nitrogen and oxygen atoms in total. The van der Waals surface area contributed by atoms with Crippen molar-refractivity contribution in [1.29, 1.82) is 0 Å². The first-order valence-electron chi connectivity index (χ1n) is 4.25. The Morgan fingerprint density at radius 2 is 2.43 bits per heavy atom. The smallest absolute Gasteiger partial charge is 0.227 e. The zero-order chi connectivity index (χ0) is 9.97. The summed E-state index contributed by atoms with van der Waals surface area (Å²) in [4.78, 5) is 10.5. The average molecular weight is 230 g/mol. The Hall–Kier alpha value is -0.820. The zero-order valence-corrected chi connectivity index (χ0v) is 9.03. The molecule has 0 unspecified atom stereocenters. The number of hydrogen-bond donors (Lipinski definition) is 2. The van der Waals surface area contributed by atoms with Crippen molar-refractivity contribution in [1.82, 2.24) is 10.2 Å². The maximum Gasteiger partial charge on any atom is 0.227 e. The highest BCUT2D eigenvalue weighted by Crippen LogP contribution is 2.29. The molecule has 1 fully saturated rings. The van der Waals surface area contributed by atoms with Crippen molar-refractivity contribution >= 4 is 34.1 Å². The highest BCUT2D eigenvalue weighted by Gasteiger charge is 2.22. The van der Waals surface area contributed by atoms with Gasteiger partial charge in [-0.1, -0.05) is 23.1 Å². The van der Waals surface area contributed by atoms with Gasteiger partial charge in [0.15, 0.2) is 4.34 Å². The van der Waals surface area contributed by atoms with E-state index in [1.165, 1.54) is 35.9 Å². The molecule has 0 saturated heterocycles. The van der Waals surface area contributed by atoms with Crippen LogP contribution < -0.4 is 11.1 Å². The van der Waals surface area contributed by atoms with Gasteiger partial charge in [0.2, 0.25) is 11.0 Å². The maximum atomic E-state index is 10.5. The number of primary amides is 1. The summed E-state index contributed by atoms with van der Waals surface area (Å²) >= 11 is 2.79. The van der Waals surface area contributed by atoms with E-state index in [4.69, 9.17) is 5.73 Å². The standard InChI is InChI=1S/C7H10N4OS2/c8-5(12)3-13-7-11-10-6(14-7)9-4-1-2-4/h4H,1-3H2,(H2,8,12)(H,9,10). The highest BCUT2D eigenvalue weighted by molar-refractivity contribution is 8.01. The lowest BCUT2D eigenvalue weighted by molar-refractivity contribution is -0.115. The number of anilines is 1. The number of amides is 1. The van der Waals surface area contributed by atoms with Gasteiger partial charge in [0.05, 0.1) is 5.75 Å². The summed E-state index contributed by atoms with van der Waals surface area (Å²) in [6.45, 7) is 0. The van der Waals surface area contributed by atoms with Gasteiger partial charge < -0.3 is 11.1 Å². The van der Waals surface area contributed by atoms with Crippen LogP contribution in [0, 0.1) is 0 Å². The van der Waals surface area contributed by atoms with Crippen molar-refractivity contribution in [2.75, 3.05) is 11.1 Å². The molecule has 1 aromatic rings. The predicted molar refractivity (Wildman–Crippen MR) is 56.5 cm³/mol. The van der Waals surface area contributed by atoms with Crippen LogP contribution in [0.3, 0.4) is 0 Å². The second-order valence-electron chi connectivity index (χ2n) is 3.05. The Kier molecular flexibility index (Phi) is 2.87. The van der Waals surface area contributed by atoms with Gasteiger partial charge in [-0.3, -0.25) is 4.79 Å². The molecular weight excluding hydrogens is 220 g/mol. The molecule has 1 heterocycles. The summed E-state index contributed by atoms with van der Waals surface area (Å²) in [5, 5.41) is 12.0. The van der Waals surface area contributed by atoms with Crippen molar-refractivity contribution in [3.63, 3.8) is 0 Å². The summed E-state index contributed by atoms with van der Waals surface area (Å²) in [6.07, 6.45) is 2.42. The van der Waals surface area contributed by atoms with Gasteiger partial charge in [0.1, 0.15) is 0 Å². The van der Waals surface area contributed by atoms with Gasteiger partial charge in [-0.15, -0.1) is 10.2 Å². The number of thioether (sulfide) groups is 1. The van der Waals surface area contributed by atoms with Gasteiger partial charge in [-0.25, -0.2) is 0 Å². The fourth-order valence-corrected chi connectivity index (χ4v) is 2.43. The number of nitrogens with two attached hydrogens (primary N) is 1. The second-order valence-corrected chi connectivity index (χ2v) is 5.25. The maximum absolute atomic E-state index is 10.5. The van der Waals surface area contributed by atoms with Crippen LogP contribution in [0.2, 0.25) is 0 Å². The second kappa shape index (κ2) is 4.14. The van der Waals surface area contributed by atoms with Gasteiger partial charge in [0.25, 0.3) is 0 Å². The van der Waals surface area contributed by atoms with E-state index in [1.54, 1.807) is 0 Å². The van der Waals surface area contributed by atoms with Crippen molar-refractivity contribution < 1.29 is 4.79 Å². The summed E-state index contributed by atoms with van der Waals surface area (Å²) in [6, 6.07) is 0.581. The van der Waals surface area contributed by atoms with Crippen molar-refractivity contribution in [2.24, 2.45) is 5.73 Å². The van der Waals surface area contributed by atoms with Gasteiger partial charge in [-0.05, 0) is 12.8 Å². The van der Waals surface area contributed by atoms with E-state index >= 15 is 0 Å². The number of nitrogens with zero attached hydrogens (tertiary/aromatic N) is 2. The molecule has 76 valence electrons. The third-order valence-corrected chi connectivity index (χ3v) is 3.66. The van der Waals surface area contributed by atoms with Gasteiger partial charge in [0, 0.05) is 6.04 Å². The zero-order valence-electron chi connectivity index (χ0n) is 7.40. The summed E-state index contributed by atoms with van der Waals surface area (Å²) in [7, 11) is 0. The largest absolute Gasteiger partial charge is 0.369 e. The van der Waals surface area contributed by atoms with Gasteiger partial charge in [-0.2, -0.15) is 0 Å². The molecule has 0 bridgehead atoms. The molecule has 14 heavy (non-hydrogen) atoms. The molecule has 7 heteroatoms. The number of rotatable bonds is 5. The van der Waals surface area contributed by atoms with Crippen LogP contribution in [0.15, 0.2) is 4.34 Å². The summed E-state index contributed by atoms with van der Waals surface area (Å²) in [5.41, 5.74) is 5.02. The monoisotopic (exact) mass is 230 g/mol. The van der Waals surface area contributed by atoms with Crippen molar-refractivity contribution in [3.8, 4) is 0 Å². The first-order valence-corrected chi connectivity index (χ1v) is 6.05. The minimum atomic E-state index is -0.332. The molecule has 0 aromatic carbocycles. The van der Waals surface area contributed by atoms with E-state index in [1.807, 2.05) is 0 Å². The molecule has 0 radical (unpaired) electrons. The molecule has 1 aliphatic rings. The van der Waals surface area contributed by atoms with Crippen LogP contribution in [-0.2, 0) is 4.79 Å². The third kappa shape index (κ3) is 2.85. The normalized spacial score (nSPS) is 15.4. The predicted octanol–water partition coefficient (Wildman–Crippen LogP) is 0.690. The Balaban J connectivity index is 1.85. The van der Waals surface area contributed by atoms with Crippen LogP contribution in [-0.4, -0.2) is 27.9 Å². The molecule has 0 aliphatic heterocycles. The Morgan fingerprint density at radius 1 is 1.64 bits per heavy atom. The molecule has 1 amide bonds. The topological polar surface area (TPSA) is 80.9 Å². The van der Waals surface area contributed by atoms with E-state index in [0.29, 0.717) is 6.04 Å². The summed E-state index contributed by atoms with van der Waals surface area (Å²) < 4.78 is 0.784. The van der Waals surface area contributed by atoms with Crippen LogP contribution in [0.5, 0.6) is 0 Å². The number of carbonyl (C=O) groups excluding carboxylic acids is 1. The third-order valence-electron chi connectivity index (χ3n) is 1.65. The number of nitrogens with one attached hydrogen (secondary N) is 1. The van der Waals surface area contributed by atoms with Gasteiger partial charge >= 0.3 is 0 Å². The van der Waals surface area contributed by atoms with Crippen LogP contribution in [0.25, 0.3) is 0 Å². The first-order chi connectivity index (χ1) is 6.74. The fraction of sp³-hybridized carbons (Fsp3) is 0.571. The Bertz CT molecular complexity index is 336. The number of hydrogen-bond acceptors (Lipinski definition) is 6. The molecule has 1 saturated carbocycles. The molecule has 1 aromatic heterocycles. The van der Waals surface area contributed by atoms with E-state index < -0.39 is 0 Å². The summed E-state index contributed by atoms with van der Waals surface area (Å²) in [5.74, 6) is -0.0696. The van der Waals surface area contributed by atoms with E-state index in [0.717, 1.165) is 9.47 Å². The lowest BCUT2D eigenvalue weighted by atomic mass is 10.7. The lowest BCUT2D eigenvalue weighted by Crippen LogP contribution is -2.12. The van der Waals surface area contributed by atoms with Crippen molar-refractivity contribution in [2.45, 2.75) is 23.2 Å². The van der Waals surface area contributed by atoms with Crippen LogP contribution >= 0.6 is 23.1 Å². The average Bonchev–Trinajstić information content (AvgIpc) is 2.81. The van der Waals surface area contributed by atoms with Crippen LogP contribution in [0.4, 0.5) is 5.13 Å². The van der Waals surface area contributed by atoms with Crippen LogP contribution in [0.1, 0.15) is 12.8 Å². The molecule has 2 rings (SSSR count). The molecule has 3 N–H and O–H groups in total. The van der Waals surface area contributed by atoms with E-state index in [-0.39, 0.29) is 11.7 Å². The van der Waals surface area contributed by atoms with E-state index in [9.17, 15) is 4.79 Å². The Morgan fingerprint density at radius 3 is 3.07 bits per heavy atom. The lowest BCUT2D eigenvalue weighted by Gasteiger charge is -1.94. The molecular formula is C7H10N4OS2. The minimum Gasteiger partial charge on any atom is -0.369 e. The van der Waals surface area contributed by atoms with Crippen molar-refractivity contribution in [3.05, 3.63) is 0 Å². The minimum absolute atomic E-state index is 0.262. The van der Waals surface area contributed by atoms with E-state index in [2.05, 4.69) is 15.5 Å². The fourth-order valence-electron chi connectivity index (χ4n) is 0.862. The molecule has 0 atom stereocenters. The quantitative estimate of drug-likeness (QED) is 0.727. The number of aromatic nitrogens is 2. The molecule has 0 spiro atoms. The number of carbonyl (C=O) groups is 1. The Labute approximate surface area is 89.5 Å².